The van der Waals surface area contributed by atoms with Gasteiger partial charge in [0.2, 0.25) is 0 Å². The highest BCUT2D eigenvalue weighted by Gasteiger charge is 2.32. The first-order chi connectivity index (χ1) is 8.29. The van der Waals surface area contributed by atoms with Gasteiger partial charge < -0.3 is 4.74 Å². The molecule has 0 aliphatic rings. The molecule has 0 atom stereocenters. The highest BCUT2D eigenvalue weighted by Crippen LogP contribution is 2.35. The van der Waals surface area contributed by atoms with Crippen molar-refractivity contribution in [1.29, 1.82) is 0 Å². The third-order valence-corrected chi connectivity index (χ3v) is 5.14. The normalized spacial score (nSPS) is 11.9. The van der Waals surface area contributed by atoms with Gasteiger partial charge in [0.25, 0.3) is 0 Å². The van der Waals surface area contributed by atoms with Crippen LogP contribution < -0.4 is 4.74 Å². The van der Waals surface area contributed by atoms with Crippen LogP contribution in [-0.4, -0.2) is 11.3 Å². The van der Waals surface area contributed by atoms with Crippen molar-refractivity contribution in [3.05, 3.63) is 31.9 Å². The summed E-state index contributed by atoms with van der Waals surface area (Å²) in [5, 5.41) is 0.590. The molecule has 1 aromatic carbocycles. The summed E-state index contributed by atoms with van der Waals surface area (Å²) in [5.74, 6) is -0.291. The Bertz CT molecular complexity index is 615. The molecule has 0 spiro atoms. The number of halogens is 5. The van der Waals surface area contributed by atoms with E-state index in [4.69, 9.17) is 0 Å². The summed E-state index contributed by atoms with van der Waals surface area (Å²) in [4.78, 5) is 4.16. The molecule has 2 rings (SSSR count). The molecule has 1 aromatic heterocycles. The third kappa shape index (κ3) is 2.71. The van der Waals surface area contributed by atoms with Crippen molar-refractivity contribution in [2.24, 2.45) is 0 Å². The third-order valence-electron chi connectivity index (χ3n) is 2.25. The number of fused-ring (bicyclic) bond motifs is 1. The van der Waals surface area contributed by atoms with E-state index in [-0.39, 0.29) is 11.3 Å². The summed E-state index contributed by atoms with van der Waals surface area (Å²) >= 11 is 5.45. The molecular formula is C11H6BrF3INO. The van der Waals surface area contributed by atoms with E-state index in [0.29, 0.717) is 11.1 Å². The Kier molecular flexibility index (Phi) is 3.72. The summed E-state index contributed by atoms with van der Waals surface area (Å²) < 4.78 is 42.4. The van der Waals surface area contributed by atoms with Crippen molar-refractivity contribution in [2.75, 3.05) is 0 Å². The van der Waals surface area contributed by atoms with Gasteiger partial charge in [-0.25, -0.2) is 4.98 Å². The predicted molar refractivity (Wildman–Crippen MR) is 73.6 cm³/mol. The number of hydrogen-bond acceptors (Lipinski definition) is 2. The molecule has 0 fully saturated rings. The molecule has 0 bridgehead atoms. The van der Waals surface area contributed by atoms with E-state index < -0.39 is 6.36 Å². The standard InChI is InChI=1S/C11H6BrF3INO/c1-5-9(16)8(12)6-3-2-4-7(10(6)17-5)18-11(13,14)15/h2-4H,1H3. The van der Waals surface area contributed by atoms with Crippen molar-refractivity contribution in [1.82, 2.24) is 4.98 Å². The lowest BCUT2D eigenvalue weighted by atomic mass is 10.2. The Morgan fingerprint density at radius 1 is 1.33 bits per heavy atom. The van der Waals surface area contributed by atoms with Gasteiger partial charge in [-0.2, -0.15) is 0 Å². The number of benzene rings is 1. The first-order valence-electron chi connectivity index (χ1n) is 4.79. The molecule has 0 aliphatic heterocycles. The van der Waals surface area contributed by atoms with Crippen molar-refractivity contribution < 1.29 is 17.9 Å². The maximum Gasteiger partial charge on any atom is 0.573 e. The highest BCUT2D eigenvalue weighted by molar-refractivity contribution is 14.1. The van der Waals surface area contributed by atoms with Crippen molar-refractivity contribution in [3.63, 3.8) is 0 Å². The number of rotatable bonds is 1. The molecule has 0 saturated carbocycles. The fraction of sp³-hybridized carbons (Fsp3) is 0.182. The van der Waals surface area contributed by atoms with Crippen molar-refractivity contribution in [3.8, 4) is 5.75 Å². The van der Waals surface area contributed by atoms with E-state index in [9.17, 15) is 13.2 Å². The number of hydrogen-bond donors (Lipinski definition) is 0. The molecule has 0 saturated heterocycles. The Hall–Kier alpha value is -0.570. The van der Waals surface area contributed by atoms with Crippen molar-refractivity contribution in [2.45, 2.75) is 13.3 Å². The molecule has 18 heavy (non-hydrogen) atoms. The van der Waals surface area contributed by atoms with Crippen LogP contribution in [0.15, 0.2) is 22.7 Å². The zero-order chi connectivity index (χ0) is 13.5. The molecule has 1 heterocycles. The lowest BCUT2D eigenvalue weighted by Crippen LogP contribution is -2.17. The number of ether oxygens (including phenoxy) is 1. The van der Waals surface area contributed by atoms with E-state index in [1.54, 1.807) is 13.0 Å². The average Bonchev–Trinajstić information content (AvgIpc) is 2.25. The van der Waals surface area contributed by atoms with Gasteiger partial charge >= 0.3 is 6.36 Å². The zero-order valence-corrected chi connectivity index (χ0v) is 12.7. The zero-order valence-electron chi connectivity index (χ0n) is 8.98. The second-order valence-corrected chi connectivity index (χ2v) is 5.40. The van der Waals surface area contributed by atoms with E-state index in [2.05, 4.69) is 48.2 Å². The fourth-order valence-corrected chi connectivity index (χ4v) is 2.53. The van der Waals surface area contributed by atoms with E-state index in [1.165, 1.54) is 12.1 Å². The highest BCUT2D eigenvalue weighted by atomic mass is 127. The lowest BCUT2D eigenvalue weighted by Gasteiger charge is -2.12. The van der Waals surface area contributed by atoms with Gasteiger partial charge in [0.15, 0.2) is 5.75 Å². The Balaban J connectivity index is 2.70. The van der Waals surface area contributed by atoms with Crippen LogP contribution in [0.2, 0.25) is 0 Å². The van der Waals surface area contributed by atoms with E-state index >= 15 is 0 Å². The molecule has 2 nitrogen and oxygen atoms in total. The van der Waals surface area contributed by atoms with Gasteiger partial charge in [-0.15, -0.1) is 13.2 Å². The molecule has 0 N–H and O–H groups in total. The second kappa shape index (κ2) is 4.84. The monoisotopic (exact) mass is 431 g/mol. The lowest BCUT2D eigenvalue weighted by molar-refractivity contribution is -0.274. The Morgan fingerprint density at radius 2 is 2.00 bits per heavy atom. The fourth-order valence-electron chi connectivity index (χ4n) is 1.52. The molecule has 0 unspecified atom stereocenters. The average molecular weight is 432 g/mol. The number of aryl methyl sites for hydroxylation is 1. The van der Waals surface area contributed by atoms with Crippen LogP contribution in [0.25, 0.3) is 10.9 Å². The number of pyridine rings is 1. The van der Waals surface area contributed by atoms with Crippen LogP contribution in [0.5, 0.6) is 5.75 Å². The van der Waals surface area contributed by atoms with Crippen LogP contribution in [-0.2, 0) is 0 Å². The quantitative estimate of drug-likeness (QED) is 0.604. The smallest absolute Gasteiger partial charge is 0.403 e. The minimum atomic E-state index is -4.72. The van der Waals surface area contributed by atoms with Gasteiger partial charge in [0, 0.05) is 13.4 Å². The summed E-state index contributed by atoms with van der Waals surface area (Å²) in [6, 6.07) is 4.44. The van der Waals surface area contributed by atoms with Crippen LogP contribution in [0.4, 0.5) is 13.2 Å². The van der Waals surface area contributed by atoms with Crippen LogP contribution >= 0.6 is 38.5 Å². The number of para-hydroxylation sites is 1. The van der Waals surface area contributed by atoms with Gasteiger partial charge in [-0.3, -0.25) is 0 Å². The second-order valence-electron chi connectivity index (χ2n) is 3.53. The molecule has 96 valence electrons. The number of alkyl halides is 3. The maximum atomic E-state index is 12.3. The van der Waals surface area contributed by atoms with Crippen LogP contribution in [0, 0.1) is 10.5 Å². The van der Waals surface area contributed by atoms with Crippen molar-refractivity contribution >= 4 is 49.4 Å². The summed E-state index contributed by atoms with van der Waals surface area (Å²) in [5.41, 5.74) is 0.841. The molecule has 0 radical (unpaired) electrons. The largest absolute Gasteiger partial charge is 0.573 e. The number of nitrogens with zero attached hydrogens (tertiary/aromatic N) is 1. The Morgan fingerprint density at radius 3 is 2.61 bits per heavy atom. The minimum absolute atomic E-state index is 0.194. The minimum Gasteiger partial charge on any atom is -0.403 e. The van der Waals surface area contributed by atoms with Gasteiger partial charge in [0.05, 0.1) is 5.69 Å². The molecule has 2 aromatic rings. The SMILES string of the molecule is Cc1nc2c(OC(F)(F)F)cccc2c(Br)c1I. The van der Waals surface area contributed by atoms with Crippen LogP contribution in [0.3, 0.4) is 0 Å². The molecule has 7 heteroatoms. The summed E-state index contributed by atoms with van der Waals surface area (Å²) in [7, 11) is 0. The number of aromatic nitrogens is 1. The Labute approximate surface area is 123 Å². The predicted octanol–water partition coefficient (Wildman–Crippen LogP) is 4.81. The maximum absolute atomic E-state index is 12.3. The molecule has 0 amide bonds. The van der Waals surface area contributed by atoms with Gasteiger partial charge in [-0.05, 0) is 51.5 Å². The first kappa shape index (κ1) is 13.9. The molecule has 0 aliphatic carbocycles. The summed E-state index contributed by atoms with van der Waals surface area (Å²) in [6.07, 6.45) is -4.72. The van der Waals surface area contributed by atoms with Crippen LogP contribution in [0.1, 0.15) is 5.69 Å². The van der Waals surface area contributed by atoms with E-state index in [1.807, 2.05) is 0 Å². The van der Waals surface area contributed by atoms with Gasteiger partial charge in [0.1, 0.15) is 5.52 Å². The molecular weight excluding hydrogens is 426 g/mol. The topological polar surface area (TPSA) is 22.1 Å². The van der Waals surface area contributed by atoms with E-state index in [0.717, 1.165) is 8.04 Å². The first-order valence-corrected chi connectivity index (χ1v) is 6.67. The van der Waals surface area contributed by atoms with Gasteiger partial charge in [-0.1, -0.05) is 12.1 Å². The summed E-state index contributed by atoms with van der Waals surface area (Å²) in [6.45, 7) is 1.73.